The van der Waals surface area contributed by atoms with Crippen molar-refractivity contribution in [2.45, 2.75) is 62.9 Å². The summed E-state index contributed by atoms with van der Waals surface area (Å²) >= 11 is 2.90. The second-order valence-corrected chi connectivity index (χ2v) is 9.57. The molecule has 1 unspecified atom stereocenters. The second kappa shape index (κ2) is 9.06. The van der Waals surface area contributed by atoms with Gasteiger partial charge >= 0.3 is 0 Å². The number of carbonyl (C=O) groups excluding carboxylic acids is 1. The number of thiophene rings is 1. The number of nitrogens with zero attached hydrogens (tertiary/aromatic N) is 4. The molecule has 0 fully saturated rings. The lowest BCUT2D eigenvalue weighted by Gasteiger charge is -2.12. The Morgan fingerprint density at radius 2 is 2.23 bits per heavy atom. The summed E-state index contributed by atoms with van der Waals surface area (Å²) in [7, 11) is 0. The Bertz CT molecular complexity index is 1080. The summed E-state index contributed by atoms with van der Waals surface area (Å²) in [6, 6.07) is 5.96. The summed E-state index contributed by atoms with van der Waals surface area (Å²) in [5.74, 6) is 1.15. The number of hydrogen-bond donors (Lipinski definition) is 1. The number of furan rings is 1. The molecule has 4 rings (SSSR count). The molecule has 0 bridgehead atoms. The SMILES string of the molecule is CCn1c(SC(C)C(=O)Nc2sc3c(c2C#N)CCCCC3)nnc1-c1ccco1. The molecule has 0 saturated heterocycles. The lowest BCUT2D eigenvalue weighted by Crippen LogP contribution is -2.23. The lowest BCUT2D eigenvalue weighted by molar-refractivity contribution is -0.115. The van der Waals surface area contributed by atoms with Crippen molar-refractivity contribution in [2.24, 2.45) is 0 Å². The molecule has 1 aliphatic carbocycles. The molecule has 0 aliphatic heterocycles. The van der Waals surface area contributed by atoms with Gasteiger partial charge in [-0.05, 0) is 57.2 Å². The van der Waals surface area contributed by atoms with Gasteiger partial charge in [0.15, 0.2) is 16.7 Å². The van der Waals surface area contributed by atoms with Crippen molar-refractivity contribution in [2.75, 3.05) is 5.32 Å². The van der Waals surface area contributed by atoms with Gasteiger partial charge in [0.1, 0.15) is 11.1 Å². The molecular formula is C21H23N5O2S2. The van der Waals surface area contributed by atoms with Crippen molar-refractivity contribution >= 4 is 34.0 Å². The summed E-state index contributed by atoms with van der Waals surface area (Å²) in [5, 5.41) is 22.1. The Labute approximate surface area is 183 Å². The van der Waals surface area contributed by atoms with Crippen LogP contribution in [-0.4, -0.2) is 25.9 Å². The van der Waals surface area contributed by atoms with Gasteiger partial charge < -0.3 is 9.73 Å². The lowest BCUT2D eigenvalue weighted by atomic mass is 10.1. The molecule has 156 valence electrons. The molecule has 3 heterocycles. The van der Waals surface area contributed by atoms with E-state index >= 15 is 0 Å². The van der Waals surface area contributed by atoms with Gasteiger partial charge in [-0.15, -0.1) is 21.5 Å². The normalized spacial score (nSPS) is 14.6. The number of fused-ring (bicyclic) bond motifs is 1. The zero-order valence-electron chi connectivity index (χ0n) is 17.0. The maximum atomic E-state index is 12.9. The number of nitrogens with one attached hydrogen (secondary N) is 1. The largest absolute Gasteiger partial charge is 0.461 e. The molecule has 3 aromatic rings. The highest BCUT2D eigenvalue weighted by Gasteiger charge is 2.25. The van der Waals surface area contributed by atoms with Crippen molar-refractivity contribution in [3.8, 4) is 17.7 Å². The summed E-state index contributed by atoms with van der Waals surface area (Å²) in [5.41, 5.74) is 1.77. The van der Waals surface area contributed by atoms with E-state index in [9.17, 15) is 10.1 Å². The predicted molar refractivity (Wildman–Crippen MR) is 118 cm³/mol. The van der Waals surface area contributed by atoms with Crippen molar-refractivity contribution < 1.29 is 9.21 Å². The second-order valence-electron chi connectivity index (χ2n) is 7.16. The fourth-order valence-electron chi connectivity index (χ4n) is 3.62. The molecule has 0 radical (unpaired) electrons. The van der Waals surface area contributed by atoms with Crippen LogP contribution in [0.5, 0.6) is 0 Å². The van der Waals surface area contributed by atoms with Crippen molar-refractivity contribution in [1.29, 1.82) is 5.26 Å². The standard InChI is InChI=1S/C21H23N5O2S2/c1-3-26-18(16-9-7-11-28-16)24-25-21(26)29-13(2)19(27)23-20-15(12-22)14-8-5-4-6-10-17(14)30-20/h7,9,11,13H,3-6,8,10H2,1-2H3,(H,23,27). The van der Waals surface area contributed by atoms with Crippen LogP contribution >= 0.6 is 23.1 Å². The fraction of sp³-hybridized carbons (Fsp3) is 0.429. The molecule has 0 spiro atoms. The molecule has 1 aliphatic rings. The average molecular weight is 442 g/mol. The van der Waals surface area contributed by atoms with E-state index in [0.717, 1.165) is 31.2 Å². The predicted octanol–water partition coefficient (Wildman–Crippen LogP) is 4.88. The van der Waals surface area contributed by atoms with Gasteiger partial charge in [0.2, 0.25) is 5.91 Å². The molecule has 1 N–H and O–H groups in total. The van der Waals surface area contributed by atoms with Crippen molar-refractivity contribution in [1.82, 2.24) is 14.8 Å². The van der Waals surface area contributed by atoms with Gasteiger partial charge in [-0.1, -0.05) is 18.2 Å². The Balaban J connectivity index is 1.50. The third-order valence-corrected chi connectivity index (χ3v) is 7.48. The molecule has 9 heteroatoms. The first-order valence-corrected chi connectivity index (χ1v) is 11.8. The van der Waals surface area contributed by atoms with Crippen LogP contribution in [0.3, 0.4) is 0 Å². The fourth-order valence-corrected chi connectivity index (χ4v) is 5.78. The zero-order valence-corrected chi connectivity index (χ0v) is 18.6. The number of hydrogen-bond acceptors (Lipinski definition) is 7. The maximum Gasteiger partial charge on any atom is 0.238 e. The summed E-state index contributed by atoms with van der Waals surface area (Å²) in [6.45, 7) is 4.50. The van der Waals surface area contributed by atoms with E-state index in [4.69, 9.17) is 4.42 Å². The molecule has 3 aromatic heterocycles. The average Bonchev–Trinajstić information content (AvgIpc) is 3.43. The topological polar surface area (TPSA) is 96.7 Å². The minimum atomic E-state index is -0.391. The van der Waals surface area contributed by atoms with Crippen LogP contribution in [-0.2, 0) is 24.2 Å². The third kappa shape index (κ3) is 4.02. The summed E-state index contributed by atoms with van der Waals surface area (Å²) in [4.78, 5) is 14.1. The van der Waals surface area contributed by atoms with Crippen LogP contribution in [0.15, 0.2) is 28.0 Å². The Kier molecular flexibility index (Phi) is 6.25. The van der Waals surface area contributed by atoms with Gasteiger partial charge in [0.05, 0.1) is 17.1 Å². The van der Waals surface area contributed by atoms with Crippen LogP contribution in [0.1, 0.15) is 49.1 Å². The minimum absolute atomic E-state index is 0.141. The molecule has 7 nitrogen and oxygen atoms in total. The van der Waals surface area contributed by atoms with E-state index in [1.165, 1.54) is 23.1 Å². The highest BCUT2D eigenvalue weighted by Crippen LogP contribution is 2.37. The first-order valence-electron chi connectivity index (χ1n) is 10.1. The van der Waals surface area contributed by atoms with Crippen LogP contribution in [0.25, 0.3) is 11.6 Å². The van der Waals surface area contributed by atoms with Gasteiger partial charge in [-0.2, -0.15) is 5.26 Å². The van der Waals surface area contributed by atoms with E-state index < -0.39 is 5.25 Å². The van der Waals surface area contributed by atoms with Gasteiger partial charge in [0, 0.05) is 11.4 Å². The molecule has 1 amide bonds. The van der Waals surface area contributed by atoms with Crippen LogP contribution in [0.2, 0.25) is 0 Å². The van der Waals surface area contributed by atoms with Crippen molar-refractivity contribution in [3.63, 3.8) is 0 Å². The van der Waals surface area contributed by atoms with E-state index in [0.29, 0.717) is 33.9 Å². The molecule has 0 saturated carbocycles. The van der Waals surface area contributed by atoms with E-state index in [2.05, 4.69) is 21.6 Å². The van der Waals surface area contributed by atoms with Crippen LogP contribution in [0.4, 0.5) is 5.00 Å². The quantitative estimate of drug-likeness (QED) is 0.433. The highest BCUT2D eigenvalue weighted by molar-refractivity contribution is 8.00. The first kappa shape index (κ1) is 20.7. The maximum absolute atomic E-state index is 12.9. The number of aromatic nitrogens is 3. The van der Waals surface area contributed by atoms with Gasteiger partial charge in [-0.25, -0.2) is 0 Å². The summed E-state index contributed by atoms with van der Waals surface area (Å²) in [6.07, 6.45) is 6.95. The number of thioether (sulfide) groups is 1. The number of anilines is 1. The molecule has 0 aromatic carbocycles. The first-order chi connectivity index (χ1) is 14.6. The van der Waals surface area contributed by atoms with Crippen LogP contribution < -0.4 is 5.32 Å². The number of rotatable bonds is 6. The van der Waals surface area contributed by atoms with Gasteiger partial charge in [0.25, 0.3) is 0 Å². The summed E-state index contributed by atoms with van der Waals surface area (Å²) < 4.78 is 7.37. The Hall–Kier alpha value is -2.57. The Morgan fingerprint density at radius 3 is 2.97 bits per heavy atom. The van der Waals surface area contributed by atoms with Gasteiger partial charge in [-0.3, -0.25) is 9.36 Å². The van der Waals surface area contributed by atoms with Crippen molar-refractivity contribution in [3.05, 3.63) is 34.4 Å². The smallest absolute Gasteiger partial charge is 0.238 e. The minimum Gasteiger partial charge on any atom is -0.461 e. The molecular weight excluding hydrogens is 418 g/mol. The molecule has 1 atom stereocenters. The third-order valence-electron chi connectivity index (χ3n) is 5.20. The highest BCUT2D eigenvalue weighted by atomic mass is 32.2. The zero-order chi connectivity index (χ0) is 21.1. The number of carbonyl (C=O) groups is 1. The van der Waals surface area contributed by atoms with E-state index in [1.54, 1.807) is 17.6 Å². The molecule has 30 heavy (non-hydrogen) atoms. The van der Waals surface area contributed by atoms with Crippen LogP contribution in [0, 0.1) is 11.3 Å². The number of nitriles is 1. The van der Waals surface area contributed by atoms with E-state index in [1.807, 2.05) is 30.5 Å². The van der Waals surface area contributed by atoms with E-state index in [-0.39, 0.29) is 5.91 Å². The number of aryl methyl sites for hydroxylation is 1. The Morgan fingerprint density at radius 1 is 1.40 bits per heavy atom. The number of amides is 1. The monoisotopic (exact) mass is 441 g/mol.